The second-order valence-corrected chi connectivity index (χ2v) is 4.90. The van der Waals surface area contributed by atoms with Crippen LogP contribution in [0.1, 0.15) is 26.5 Å². The molecule has 0 aromatic carbocycles. The summed E-state index contributed by atoms with van der Waals surface area (Å²) in [6.45, 7) is 9.24. The SMILES string of the molecule is C[C@H]1CN(Cc2ccn[nH]2)C(C)(C)CO1. The van der Waals surface area contributed by atoms with E-state index in [-0.39, 0.29) is 5.54 Å². The Morgan fingerprint density at radius 1 is 1.67 bits per heavy atom. The van der Waals surface area contributed by atoms with Crippen LogP contribution in [-0.4, -0.2) is 39.9 Å². The fourth-order valence-electron chi connectivity index (χ4n) is 1.90. The van der Waals surface area contributed by atoms with Gasteiger partial charge in [0.15, 0.2) is 0 Å². The quantitative estimate of drug-likeness (QED) is 0.800. The van der Waals surface area contributed by atoms with Gasteiger partial charge in [-0.05, 0) is 26.8 Å². The lowest BCUT2D eigenvalue weighted by Gasteiger charge is -2.44. The van der Waals surface area contributed by atoms with Gasteiger partial charge in [0.05, 0.1) is 12.7 Å². The van der Waals surface area contributed by atoms with Crippen molar-refractivity contribution in [2.24, 2.45) is 0 Å². The number of morpholine rings is 1. The maximum absolute atomic E-state index is 5.68. The number of hydrogen-bond acceptors (Lipinski definition) is 3. The number of aromatic nitrogens is 2. The second-order valence-electron chi connectivity index (χ2n) is 4.90. The van der Waals surface area contributed by atoms with Crippen LogP contribution < -0.4 is 0 Å². The number of aromatic amines is 1. The van der Waals surface area contributed by atoms with E-state index in [0.29, 0.717) is 6.10 Å². The molecule has 0 unspecified atom stereocenters. The van der Waals surface area contributed by atoms with Crippen LogP contribution in [0.5, 0.6) is 0 Å². The Morgan fingerprint density at radius 3 is 3.13 bits per heavy atom. The number of nitrogens with zero attached hydrogens (tertiary/aromatic N) is 2. The van der Waals surface area contributed by atoms with Gasteiger partial charge in [0.2, 0.25) is 0 Å². The number of ether oxygens (including phenoxy) is 1. The van der Waals surface area contributed by atoms with E-state index in [1.54, 1.807) is 6.20 Å². The molecule has 0 saturated carbocycles. The predicted molar refractivity (Wildman–Crippen MR) is 58.5 cm³/mol. The van der Waals surface area contributed by atoms with Gasteiger partial charge < -0.3 is 4.74 Å². The summed E-state index contributed by atoms with van der Waals surface area (Å²) in [7, 11) is 0. The first kappa shape index (κ1) is 10.6. The first-order chi connectivity index (χ1) is 7.08. The molecule has 2 rings (SSSR count). The normalized spacial score (nSPS) is 26.7. The van der Waals surface area contributed by atoms with Gasteiger partial charge in [0.1, 0.15) is 0 Å². The van der Waals surface area contributed by atoms with Gasteiger partial charge in [-0.25, -0.2) is 0 Å². The highest BCUT2D eigenvalue weighted by atomic mass is 16.5. The lowest BCUT2D eigenvalue weighted by atomic mass is 10.0. The van der Waals surface area contributed by atoms with Gasteiger partial charge in [-0.2, -0.15) is 5.10 Å². The summed E-state index contributed by atoms with van der Waals surface area (Å²) >= 11 is 0. The highest BCUT2D eigenvalue weighted by Gasteiger charge is 2.33. The third kappa shape index (κ3) is 2.38. The fraction of sp³-hybridized carbons (Fsp3) is 0.727. The van der Waals surface area contributed by atoms with Crippen LogP contribution in [0.25, 0.3) is 0 Å². The third-order valence-electron chi connectivity index (χ3n) is 2.97. The first-order valence-electron chi connectivity index (χ1n) is 5.43. The molecule has 1 saturated heterocycles. The molecular formula is C11H19N3O. The van der Waals surface area contributed by atoms with E-state index in [2.05, 4.69) is 35.9 Å². The minimum Gasteiger partial charge on any atom is -0.375 e. The molecule has 1 atom stereocenters. The summed E-state index contributed by atoms with van der Waals surface area (Å²) in [5.74, 6) is 0. The van der Waals surface area contributed by atoms with Crippen LogP contribution in [-0.2, 0) is 11.3 Å². The highest BCUT2D eigenvalue weighted by Crippen LogP contribution is 2.23. The second kappa shape index (κ2) is 3.94. The molecule has 0 amide bonds. The minimum atomic E-state index is 0.109. The Balaban J connectivity index is 2.05. The maximum Gasteiger partial charge on any atom is 0.0675 e. The molecule has 1 fully saturated rings. The molecule has 1 aromatic rings. The van der Waals surface area contributed by atoms with Gasteiger partial charge >= 0.3 is 0 Å². The molecule has 1 aliphatic heterocycles. The van der Waals surface area contributed by atoms with Crippen LogP contribution in [0.2, 0.25) is 0 Å². The van der Waals surface area contributed by atoms with Gasteiger partial charge in [0, 0.05) is 30.5 Å². The average Bonchev–Trinajstić information content (AvgIpc) is 2.65. The van der Waals surface area contributed by atoms with Crippen LogP contribution in [0.15, 0.2) is 12.3 Å². The zero-order chi connectivity index (χ0) is 10.9. The molecule has 1 aromatic heterocycles. The summed E-state index contributed by atoms with van der Waals surface area (Å²) in [4.78, 5) is 2.44. The number of H-pyrrole nitrogens is 1. The molecule has 2 heterocycles. The molecule has 1 N–H and O–H groups in total. The third-order valence-corrected chi connectivity index (χ3v) is 2.97. The van der Waals surface area contributed by atoms with Crippen molar-refractivity contribution < 1.29 is 4.74 Å². The Morgan fingerprint density at radius 2 is 2.47 bits per heavy atom. The molecular weight excluding hydrogens is 190 g/mol. The minimum absolute atomic E-state index is 0.109. The Kier molecular flexibility index (Phi) is 2.80. The van der Waals surface area contributed by atoms with E-state index >= 15 is 0 Å². The Labute approximate surface area is 90.6 Å². The van der Waals surface area contributed by atoms with Crippen molar-refractivity contribution in [3.63, 3.8) is 0 Å². The molecule has 4 heteroatoms. The highest BCUT2D eigenvalue weighted by molar-refractivity contribution is 5.00. The fourth-order valence-corrected chi connectivity index (χ4v) is 1.90. The monoisotopic (exact) mass is 209 g/mol. The van der Waals surface area contributed by atoms with E-state index in [9.17, 15) is 0 Å². The summed E-state index contributed by atoms with van der Waals surface area (Å²) in [6.07, 6.45) is 2.12. The van der Waals surface area contributed by atoms with Crippen molar-refractivity contribution in [2.45, 2.75) is 39.0 Å². The van der Waals surface area contributed by atoms with E-state index in [4.69, 9.17) is 4.74 Å². The number of rotatable bonds is 2. The van der Waals surface area contributed by atoms with E-state index < -0.39 is 0 Å². The summed E-state index contributed by atoms with van der Waals surface area (Å²) in [5.41, 5.74) is 1.27. The summed E-state index contributed by atoms with van der Waals surface area (Å²) in [5, 5.41) is 6.98. The van der Waals surface area contributed by atoms with E-state index in [1.807, 2.05) is 6.07 Å². The maximum atomic E-state index is 5.68. The van der Waals surface area contributed by atoms with Crippen molar-refractivity contribution in [1.29, 1.82) is 0 Å². The molecule has 0 radical (unpaired) electrons. The predicted octanol–water partition coefficient (Wildman–Crippen LogP) is 1.41. The van der Waals surface area contributed by atoms with Crippen molar-refractivity contribution in [1.82, 2.24) is 15.1 Å². The summed E-state index contributed by atoms with van der Waals surface area (Å²) in [6, 6.07) is 2.02. The topological polar surface area (TPSA) is 41.2 Å². The summed E-state index contributed by atoms with van der Waals surface area (Å²) < 4.78 is 5.68. The molecule has 0 spiro atoms. The van der Waals surface area contributed by atoms with Gasteiger partial charge in [-0.15, -0.1) is 0 Å². The molecule has 1 aliphatic rings. The van der Waals surface area contributed by atoms with Crippen molar-refractivity contribution in [2.75, 3.05) is 13.2 Å². The number of nitrogens with one attached hydrogen (secondary N) is 1. The molecule has 0 bridgehead atoms. The Hall–Kier alpha value is -0.870. The van der Waals surface area contributed by atoms with Gasteiger partial charge in [-0.1, -0.05) is 0 Å². The average molecular weight is 209 g/mol. The zero-order valence-electron chi connectivity index (χ0n) is 9.66. The molecule has 4 nitrogen and oxygen atoms in total. The van der Waals surface area contributed by atoms with Gasteiger partial charge in [-0.3, -0.25) is 10.00 Å². The first-order valence-corrected chi connectivity index (χ1v) is 5.43. The Bertz CT molecular complexity index is 308. The largest absolute Gasteiger partial charge is 0.375 e. The molecule has 0 aliphatic carbocycles. The lowest BCUT2D eigenvalue weighted by Crippen LogP contribution is -2.54. The lowest BCUT2D eigenvalue weighted by molar-refractivity contribution is -0.0953. The van der Waals surface area contributed by atoms with Crippen molar-refractivity contribution in [3.8, 4) is 0 Å². The molecule has 84 valence electrons. The van der Waals surface area contributed by atoms with Crippen molar-refractivity contribution in [3.05, 3.63) is 18.0 Å². The van der Waals surface area contributed by atoms with Gasteiger partial charge in [0.25, 0.3) is 0 Å². The number of hydrogen-bond donors (Lipinski definition) is 1. The van der Waals surface area contributed by atoms with Crippen LogP contribution in [0, 0.1) is 0 Å². The standard InChI is InChI=1S/C11H19N3O/c1-9-6-14(11(2,3)8-15-9)7-10-4-5-12-13-10/h4-5,9H,6-8H2,1-3H3,(H,12,13)/t9-/m0/s1. The van der Waals surface area contributed by atoms with Crippen LogP contribution in [0.4, 0.5) is 0 Å². The molecule has 15 heavy (non-hydrogen) atoms. The van der Waals surface area contributed by atoms with E-state index in [1.165, 1.54) is 0 Å². The van der Waals surface area contributed by atoms with Crippen molar-refractivity contribution >= 4 is 0 Å². The van der Waals surface area contributed by atoms with E-state index in [0.717, 1.165) is 25.4 Å². The smallest absolute Gasteiger partial charge is 0.0675 e. The van der Waals surface area contributed by atoms with Crippen LogP contribution >= 0.6 is 0 Å². The zero-order valence-corrected chi connectivity index (χ0v) is 9.66. The van der Waals surface area contributed by atoms with Crippen LogP contribution in [0.3, 0.4) is 0 Å².